The zero-order valence-electron chi connectivity index (χ0n) is 9.57. The molecule has 0 fully saturated rings. The van der Waals surface area contributed by atoms with E-state index >= 15 is 0 Å². The van der Waals surface area contributed by atoms with Crippen LogP contribution < -0.4 is 5.43 Å². The number of nitrogens with one attached hydrogen (secondary N) is 1. The first-order valence-corrected chi connectivity index (χ1v) is 5.31. The second kappa shape index (κ2) is 7.40. The van der Waals surface area contributed by atoms with Gasteiger partial charge in [0.1, 0.15) is 0 Å². The summed E-state index contributed by atoms with van der Waals surface area (Å²) < 4.78 is 5.54. The topological polar surface area (TPSA) is 24.5 Å². The zero-order chi connectivity index (χ0) is 10.9. The van der Waals surface area contributed by atoms with Crippen LogP contribution in [0, 0.1) is 0 Å². The van der Waals surface area contributed by atoms with Gasteiger partial charge in [0.15, 0.2) is 0 Å². The normalized spacial score (nSPS) is 10.9. The third-order valence-electron chi connectivity index (χ3n) is 2.01. The van der Waals surface area contributed by atoms with Crippen molar-refractivity contribution < 1.29 is 4.74 Å². The van der Waals surface area contributed by atoms with Gasteiger partial charge in [0.05, 0.1) is 6.61 Å². The van der Waals surface area contributed by atoms with Gasteiger partial charge in [0.2, 0.25) is 0 Å². The molecule has 0 aliphatic heterocycles. The van der Waals surface area contributed by atoms with E-state index in [0.717, 1.165) is 19.6 Å². The van der Waals surface area contributed by atoms with Crippen LogP contribution in [-0.2, 0) is 11.3 Å². The third kappa shape index (κ3) is 6.23. The minimum atomic E-state index is 0.711. The number of hydrogen-bond acceptors (Lipinski definition) is 3. The number of hydrogen-bond donors (Lipinski definition) is 1. The molecule has 0 aliphatic carbocycles. The van der Waals surface area contributed by atoms with Gasteiger partial charge < -0.3 is 4.74 Å². The van der Waals surface area contributed by atoms with Gasteiger partial charge in [-0.05, 0) is 12.0 Å². The number of rotatable bonds is 7. The van der Waals surface area contributed by atoms with E-state index in [0.29, 0.717) is 6.61 Å². The van der Waals surface area contributed by atoms with E-state index in [1.54, 1.807) is 0 Å². The van der Waals surface area contributed by atoms with Crippen molar-refractivity contribution in [2.24, 2.45) is 0 Å². The molecule has 1 N–H and O–H groups in total. The highest BCUT2D eigenvalue weighted by atomic mass is 16.5. The van der Waals surface area contributed by atoms with Crippen molar-refractivity contribution >= 4 is 0 Å². The quantitative estimate of drug-likeness (QED) is 0.545. The average Bonchev–Trinajstić information content (AvgIpc) is 2.24. The lowest BCUT2D eigenvalue weighted by Gasteiger charge is -2.11. The van der Waals surface area contributed by atoms with Crippen molar-refractivity contribution in [3.63, 3.8) is 0 Å². The van der Waals surface area contributed by atoms with Gasteiger partial charge in [0, 0.05) is 27.2 Å². The van der Waals surface area contributed by atoms with E-state index in [9.17, 15) is 0 Å². The van der Waals surface area contributed by atoms with E-state index < -0.39 is 0 Å². The average molecular weight is 208 g/mol. The van der Waals surface area contributed by atoms with Crippen LogP contribution >= 0.6 is 0 Å². The predicted molar refractivity (Wildman–Crippen MR) is 62.4 cm³/mol. The maximum atomic E-state index is 5.54. The van der Waals surface area contributed by atoms with E-state index in [4.69, 9.17) is 4.74 Å². The smallest absolute Gasteiger partial charge is 0.0716 e. The van der Waals surface area contributed by atoms with Gasteiger partial charge in [-0.3, -0.25) is 10.4 Å². The summed E-state index contributed by atoms with van der Waals surface area (Å²) in [6.45, 7) is 2.47. The summed E-state index contributed by atoms with van der Waals surface area (Å²) in [5.74, 6) is 0. The van der Waals surface area contributed by atoms with E-state index in [1.165, 1.54) is 5.56 Å². The lowest BCUT2D eigenvalue weighted by Crippen LogP contribution is -2.31. The van der Waals surface area contributed by atoms with Crippen molar-refractivity contribution in [1.82, 2.24) is 10.4 Å². The van der Waals surface area contributed by atoms with Crippen molar-refractivity contribution in [1.29, 1.82) is 0 Å². The Labute approximate surface area is 92.0 Å². The van der Waals surface area contributed by atoms with Crippen LogP contribution in [0.15, 0.2) is 30.3 Å². The number of nitrogens with zero attached hydrogens (tertiary/aromatic N) is 1. The zero-order valence-corrected chi connectivity index (χ0v) is 9.57. The highest BCUT2D eigenvalue weighted by Crippen LogP contribution is 2.00. The molecule has 1 aromatic carbocycles. The summed E-state index contributed by atoms with van der Waals surface area (Å²) in [5.41, 5.74) is 4.43. The summed E-state index contributed by atoms with van der Waals surface area (Å²) in [6, 6.07) is 10.2. The molecule has 15 heavy (non-hydrogen) atoms. The Bertz CT molecular complexity index is 249. The van der Waals surface area contributed by atoms with Gasteiger partial charge in [-0.25, -0.2) is 0 Å². The lowest BCUT2D eigenvalue weighted by atomic mass is 10.2. The molecule has 0 bridgehead atoms. The first-order chi connectivity index (χ1) is 7.29. The van der Waals surface area contributed by atoms with Gasteiger partial charge >= 0.3 is 0 Å². The fraction of sp³-hybridized carbons (Fsp3) is 0.500. The first-order valence-electron chi connectivity index (χ1n) is 5.31. The highest BCUT2D eigenvalue weighted by molar-refractivity contribution is 5.13. The van der Waals surface area contributed by atoms with Crippen molar-refractivity contribution in [2.75, 3.05) is 27.2 Å². The molecule has 1 aromatic rings. The van der Waals surface area contributed by atoms with Crippen LogP contribution in [0.1, 0.15) is 12.0 Å². The summed E-state index contributed by atoms with van der Waals surface area (Å²) in [6.07, 6.45) is 1.03. The maximum absolute atomic E-state index is 5.54. The molecule has 0 saturated heterocycles. The second-order valence-corrected chi connectivity index (χ2v) is 3.69. The van der Waals surface area contributed by atoms with Gasteiger partial charge in [-0.15, -0.1) is 0 Å². The van der Waals surface area contributed by atoms with Crippen LogP contribution in [0.5, 0.6) is 0 Å². The van der Waals surface area contributed by atoms with Crippen LogP contribution in [0.3, 0.4) is 0 Å². The highest BCUT2D eigenvalue weighted by Gasteiger charge is 1.92. The standard InChI is InChI=1S/C12H20N2O/c1-14(2)13-9-6-10-15-11-12-7-4-3-5-8-12/h3-5,7-8,13H,6,9-11H2,1-2H3. The Morgan fingerprint density at radius 3 is 2.60 bits per heavy atom. The SMILES string of the molecule is CN(C)NCCCOCc1ccccc1. The molecule has 3 nitrogen and oxygen atoms in total. The molecule has 0 unspecified atom stereocenters. The maximum Gasteiger partial charge on any atom is 0.0716 e. The second-order valence-electron chi connectivity index (χ2n) is 3.69. The lowest BCUT2D eigenvalue weighted by molar-refractivity contribution is 0.114. The molecule has 0 radical (unpaired) electrons. The summed E-state index contributed by atoms with van der Waals surface area (Å²) in [5, 5.41) is 1.96. The van der Waals surface area contributed by atoms with Crippen molar-refractivity contribution in [3.8, 4) is 0 Å². The number of hydrazine groups is 1. The molecule has 1 rings (SSSR count). The van der Waals surface area contributed by atoms with Crippen LogP contribution in [-0.4, -0.2) is 32.3 Å². The van der Waals surface area contributed by atoms with Crippen molar-refractivity contribution in [2.45, 2.75) is 13.0 Å². The van der Waals surface area contributed by atoms with E-state index in [1.807, 2.05) is 37.3 Å². The van der Waals surface area contributed by atoms with E-state index in [-0.39, 0.29) is 0 Å². The Morgan fingerprint density at radius 1 is 1.20 bits per heavy atom. The molecule has 3 heteroatoms. The third-order valence-corrected chi connectivity index (χ3v) is 2.01. The van der Waals surface area contributed by atoms with Gasteiger partial charge in [0.25, 0.3) is 0 Å². The van der Waals surface area contributed by atoms with Gasteiger partial charge in [-0.1, -0.05) is 30.3 Å². The molecule has 0 heterocycles. The first kappa shape index (κ1) is 12.2. The van der Waals surface area contributed by atoms with Crippen LogP contribution in [0.25, 0.3) is 0 Å². The monoisotopic (exact) mass is 208 g/mol. The van der Waals surface area contributed by atoms with Crippen LogP contribution in [0.2, 0.25) is 0 Å². The molecule has 0 spiro atoms. The Kier molecular flexibility index (Phi) is 6.00. The summed E-state index contributed by atoms with van der Waals surface area (Å²) in [7, 11) is 3.98. The summed E-state index contributed by atoms with van der Waals surface area (Å²) in [4.78, 5) is 0. The molecular formula is C12H20N2O. The minimum absolute atomic E-state index is 0.711. The Hall–Kier alpha value is -0.900. The molecule has 0 aliphatic rings. The Balaban J connectivity index is 1.98. The predicted octanol–water partition coefficient (Wildman–Crippen LogP) is 1.66. The molecular weight excluding hydrogens is 188 g/mol. The number of benzene rings is 1. The molecule has 0 saturated carbocycles. The van der Waals surface area contributed by atoms with Crippen molar-refractivity contribution in [3.05, 3.63) is 35.9 Å². The van der Waals surface area contributed by atoms with Crippen LogP contribution in [0.4, 0.5) is 0 Å². The molecule has 84 valence electrons. The fourth-order valence-corrected chi connectivity index (χ4v) is 1.24. The minimum Gasteiger partial charge on any atom is -0.377 e. The van der Waals surface area contributed by atoms with E-state index in [2.05, 4.69) is 17.6 Å². The summed E-state index contributed by atoms with van der Waals surface area (Å²) >= 11 is 0. The molecule has 0 atom stereocenters. The largest absolute Gasteiger partial charge is 0.377 e. The fourth-order valence-electron chi connectivity index (χ4n) is 1.24. The van der Waals surface area contributed by atoms with Gasteiger partial charge in [-0.2, -0.15) is 0 Å². The molecule has 0 amide bonds. The number of ether oxygens (including phenoxy) is 1. The molecule has 0 aromatic heterocycles. The Morgan fingerprint density at radius 2 is 1.93 bits per heavy atom.